The van der Waals surface area contributed by atoms with Crippen LogP contribution < -0.4 is 0 Å². The normalized spacial score (nSPS) is 25.6. The van der Waals surface area contributed by atoms with Crippen LogP contribution in [0.5, 0.6) is 0 Å². The van der Waals surface area contributed by atoms with E-state index in [0.717, 1.165) is 31.5 Å². The lowest BCUT2D eigenvalue weighted by Crippen LogP contribution is -2.40. The third-order valence-corrected chi connectivity index (χ3v) is 6.11. The number of fused-ring (bicyclic) bond motifs is 2. The number of aromatic nitrogens is 2. The fraction of sp³-hybridized carbons (Fsp3) is 0.727. The Morgan fingerprint density at radius 1 is 1.18 bits per heavy atom. The lowest BCUT2D eigenvalue weighted by Gasteiger charge is -2.39. The van der Waals surface area contributed by atoms with E-state index in [4.69, 9.17) is 0 Å². The van der Waals surface area contributed by atoms with Crippen molar-refractivity contribution in [2.45, 2.75) is 72.8 Å². The number of hydrogen-bond donors (Lipinski definition) is 0. The average molecular weight is 387 g/mol. The molecular formula is C22H34N4O2. The Morgan fingerprint density at radius 2 is 1.93 bits per heavy atom. The first-order valence-electron chi connectivity index (χ1n) is 10.5. The lowest BCUT2D eigenvalue weighted by atomic mass is 9.65. The van der Waals surface area contributed by atoms with Crippen LogP contribution in [-0.4, -0.2) is 57.3 Å². The van der Waals surface area contributed by atoms with Crippen LogP contribution in [0.1, 0.15) is 76.0 Å². The summed E-state index contributed by atoms with van der Waals surface area (Å²) >= 11 is 0. The molecule has 3 rings (SSSR count). The molecular weight excluding hydrogens is 352 g/mol. The Bertz CT molecular complexity index is 731. The van der Waals surface area contributed by atoms with Crippen LogP contribution >= 0.6 is 0 Å². The third kappa shape index (κ3) is 4.53. The largest absolute Gasteiger partial charge is 0.339 e. The van der Waals surface area contributed by atoms with Crippen molar-refractivity contribution in [2.24, 2.45) is 10.8 Å². The fourth-order valence-electron chi connectivity index (χ4n) is 5.38. The molecule has 0 radical (unpaired) electrons. The van der Waals surface area contributed by atoms with Gasteiger partial charge >= 0.3 is 0 Å². The maximum Gasteiger partial charge on any atom is 0.274 e. The molecule has 0 unspecified atom stereocenters. The van der Waals surface area contributed by atoms with Gasteiger partial charge in [0.25, 0.3) is 5.91 Å². The molecule has 0 aromatic carbocycles. The third-order valence-electron chi connectivity index (χ3n) is 6.11. The number of amides is 2. The summed E-state index contributed by atoms with van der Waals surface area (Å²) < 4.78 is 0. The van der Waals surface area contributed by atoms with Gasteiger partial charge in [0.1, 0.15) is 5.69 Å². The van der Waals surface area contributed by atoms with Crippen LogP contribution in [-0.2, 0) is 4.79 Å². The molecule has 1 aliphatic heterocycles. The second-order valence-corrected chi connectivity index (χ2v) is 9.82. The molecule has 2 aliphatic rings. The molecule has 2 atom stereocenters. The number of hydrogen-bond acceptors (Lipinski definition) is 4. The number of likely N-dealkylation sites (tertiary alicyclic amines) is 1. The van der Waals surface area contributed by atoms with Crippen molar-refractivity contribution < 1.29 is 9.59 Å². The number of carbonyl (C=O) groups excluding carboxylic acids is 2. The number of rotatable bonds is 6. The summed E-state index contributed by atoms with van der Waals surface area (Å²) in [6.07, 6.45) is 7.70. The zero-order valence-corrected chi connectivity index (χ0v) is 18.0. The second-order valence-electron chi connectivity index (χ2n) is 9.82. The minimum atomic E-state index is -0.143. The summed E-state index contributed by atoms with van der Waals surface area (Å²) in [6.45, 7) is 12.7. The molecule has 2 heterocycles. The summed E-state index contributed by atoms with van der Waals surface area (Å²) in [6, 6.07) is 0.347. The SMILES string of the molecule is CCCN(CCC(=O)N1C[C@@]2(C)C[C@@H]1CC(C)(C)C2)C(=O)c1cnc(C)cn1. The van der Waals surface area contributed by atoms with E-state index in [-0.39, 0.29) is 17.2 Å². The van der Waals surface area contributed by atoms with Crippen LogP contribution in [0.15, 0.2) is 12.4 Å². The van der Waals surface area contributed by atoms with Crippen molar-refractivity contribution in [3.63, 3.8) is 0 Å². The first-order valence-corrected chi connectivity index (χ1v) is 10.5. The van der Waals surface area contributed by atoms with Gasteiger partial charge in [-0.25, -0.2) is 4.98 Å². The minimum Gasteiger partial charge on any atom is -0.339 e. The molecule has 6 nitrogen and oxygen atoms in total. The molecule has 6 heteroatoms. The van der Waals surface area contributed by atoms with Gasteiger partial charge in [0.15, 0.2) is 0 Å². The minimum absolute atomic E-state index is 0.143. The number of nitrogens with zero attached hydrogens (tertiary/aromatic N) is 4. The van der Waals surface area contributed by atoms with Crippen molar-refractivity contribution in [3.05, 3.63) is 23.8 Å². The summed E-state index contributed by atoms with van der Waals surface area (Å²) in [7, 11) is 0. The van der Waals surface area contributed by atoms with Crippen LogP contribution in [0, 0.1) is 17.8 Å². The predicted octanol–water partition coefficient (Wildman–Crippen LogP) is 3.45. The highest BCUT2D eigenvalue weighted by Crippen LogP contribution is 2.52. The Hall–Kier alpha value is -1.98. The lowest BCUT2D eigenvalue weighted by molar-refractivity contribution is -0.132. The molecule has 154 valence electrons. The molecule has 1 saturated heterocycles. The smallest absolute Gasteiger partial charge is 0.274 e. The van der Waals surface area contributed by atoms with E-state index < -0.39 is 0 Å². The quantitative estimate of drug-likeness (QED) is 0.751. The Morgan fingerprint density at radius 3 is 2.57 bits per heavy atom. The van der Waals surface area contributed by atoms with E-state index in [1.165, 1.54) is 12.6 Å². The number of aryl methyl sites for hydroxylation is 1. The molecule has 2 bridgehead atoms. The van der Waals surface area contributed by atoms with E-state index in [1.807, 2.05) is 13.8 Å². The van der Waals surface area contributed by atoms with E-state index >= 15 is 0 Å². The van der Waals surface area contributed by atoms with Crippen molar-refractivity contribution in [1.29, 1.82) is 0 Å². The summed E-state index contributed by atoms with van der Waals surface area (Å²) in [5.74, 6) is 0.0331. The van der Waals surface area contributed by atoms with E-state index in [0.29, 0.717) is 36.7 Å². The topological polar surface area (TPSA) is 66.4 Å². The van der Waals surface area contributed by atoms with Gasteiger partial charge in [0, 0.05) is 38.3 Å². The molecule has 1 saturated carbocycles. The molecule has 0 spiro atoms. The molecule has 28 heavy (non-hydrogen) atoms. The predicted molar refractivity (Wildman–Crippen MR) is 109 cm³/mol. The Balaban J connectivity index is 1.63. The van der Waals surface area contributed by atoms with Gasteiger partial charge in [-0.05, 0) is 43.4 Å². The molecule has 1 aliphatic carbocycles. The monoisotopic (exact) mass is 386 g/mol. The van der Waals surface area contributed by atoms with Gasteiger partial charge in [-0.3, -0.25) is 14.6 Å². The molecule has 1 aromatic rings. The highest BCUT2D eigenvalue weighted by atomic mass is 16.2. The van der Waals surface area contributed by atoms with Gasteiger partial charge in [0.2, 0.25) is 5.91 Å². The molecule has 2 fully saturated rings. The van der Waals surface area contributed by atoms with E-state index in [1.54, 1.807) is 11.1 Å². The highest BCUT2D eigenvalue weighted by molar-refractivity contribution is 5.92. The zero-order chi connectivity index (χ0) is 20.5. The van der Waals surface area contributed by atoms with Crippen LogP contribution in [0.3, 0.4) is 0 Å². The van der Waals surface area contributed by atoms with Crippen LogP contribution in [0.25, 0.3) is 0 Å². The molecule has 0 N–H and O–H groups in total. The second kappa shape index (κ2) is 7.80. The maximum atomic E-state index is 13.0. The molecule has 2 amide bonds. The van der Waals surface area contributed by atoms with Crippen molar-refractivity contribution in [3.8, 4) is 0 Å². The summed E-state index contributed by atoms with van der Waals surface area (Å²) in [5, 5.41) is 0. The fourth-order valence-corrected chi connectivity index (χ4v) is 5.38. The van der Waals surface area contributed by atoms with Crippen molar-refractivity contribution in [1.82, 2.24) is 19.8 Å². The average Bonchev–Trinajstić information content (AvgIpc) is 2.87. The first-order chi connectivity index (χ1) is 13.1. The highest BCUT2D eigenvalue weighted by Gasteiger charge is 2.50. The van der Waals surface area contributed by atoms with Crippen LogP contribution in [0.2, 0.25) is 0 Å². The van der Waals surface area contributed by atoms with E-state index in [2.05, 4.69) is 35.6 Å². The first kappa shape index (κ1) is 20.7. The maximum absolute atomic E-state index is 13.0. The van der Waals surface area contributed by atoms with Crippen LogP contribution in [0.4, 0.5) is 0 Å². The molecule has 1 aromatic heterocycles. The summed E-state index contributed by atoms with van der Waals surface area (Å²) in [4.78, 5) is 38.0. The van der Waals surface area contributed by atoms with Gasteiger partial charge in [0.05, 0.1) is 11.9 Å². The van der Waals surface area contributed by atoms with Gasteiger partial charge in [-0.2, -0.15) is 0 Å². The van der Waals surface area contributed by atoms with Crippen molar-refractivity contribution in [2.75, 3.05) is 19.6 Å². The summed E-state index contributed by atoms with van der Waals surface area (Å²) in [5.41, 5.74) is 1.66. The van der Waals surface area contributed by atoms with Gasteiger partial charge in [-0.1, -0.05) is 27.7 Å². The van der Waals surface area contributed by atoms with E-state index in [9.17, 15) is 9.59 Å². The Labute approximate surface area is 168 Å². The number of carbonyl (C=O) groups is 2. The standard InChI is InChI=1S/C22H34N4O2/c1-6-8-25(20(28)18-13-23-16(2)12-24-18)9-7-19(27)26-15-22(5)11-17(26)10-21(3,4)14-22/h12-13,17H,6-11,14-15H2,1-5H3/t17-,22-/m0/s1. The van der Waals surface area contributed by atoms with Gasteiger partial charge in [-0.15, -0.1) is 0 Å². The zero-order valence-electron chi connectivity index (χ0n) is 18.0. The Kier molecular flexibility index (Phi) is 5.78. The van der Waals surface area contributed by atoms with Crippen molar-refractivity contribution >= 4 is 11.8 Å². The van der Waals surface area contributed by atoms with Gasteiger partial charge < -0.3 is 9.80 Å².